The number of carbonyl (C=O) groups is 3. The van der Waals surface area contributed by atoms with Gasteiger partial charge in [-0.3, -0.25) is 14.4 Å². The van der Waals surface area contributed by atoms with Crippen molar-refractivity contribution in [2.75, 3.05) is 44.2 Å². The molecule has 0 aromatic heterocycles. The fourth-order valence-electron chi connectivity index (χ4n) is 2.77. The van der Waals surface area contributed by atoms with Gasteiger partial charge in [-0.2, -0.15) is 11.8 Å². The first-order valence-corrected chi connectivity index (χ1v) is 12.1. The summed E-state index contributed by atoms with van der Waals surface area (Å²) in [7, 11) is 1.54. The first kappa shape index (κ1) is 26.5. The molecule has 10 heteroatoms. The lowest BCUT2D eigenvalue weighted by atomic mass is 10.1. The summed E-state index contributed by atoms with van der Waals surface area (Å²) < 4.78 is 10.3. The molecular formula is C23H28ClN3O5S. The molecule has 8 nitrogen and oxygen atoms in total. The molecule has 3 N–H and O–H groups in total. The molecular weight excluding hydrogens is 466 g/mol. The van der Waals surface area contributed by atoms with E-state index in [1.807, 2.05) is 24.5 Å². The summed E-state index contributed by atoms with van der Waals surface area (Å²) in [4.78, 5) is 37.3. The molecule has 33 heavy (non-hydrogen) atoms. The second-order valence-corrected chi connectivity index (χ2v) is 8.33. The molecule has 2 aromatic rings. The number of methoxy groups -OCH3 is 1. The van der Waals surface area contributed by atoms with E-state index in [-0.39, 0.29) is 29.0 Å². The summed E-state index contributed by atoms with van der Waals surface area (Å²) in [5.41, 5.74) is 0.707. The van der Waals surface area contributed by atoms with E-state index in [0.29, 0.717) is 36.8 Å². The number of halogens is 1. The zero-order chi connectivity index (χ0) is 24.1. The number of hydrogen-bond donors (Lipinski definition) is 3. The van der Waals surface area contributed by atoms with E-state index >= 15 is 0 Å². The highest BCUT2D eigenvalue weighted by Crippen LogP contribution is 2.21. The third-order valence-corrected chi connectivity index (χ3v) is 5.41. The molecule has 0 saturated carbocycles. The van der Waals surface area contributed by atoms with E-state index in [4.69, 9.17) is 21.1 Å². The maximum atomic E-state index is 12.8. The number of carbonyl (C=O) groups excluding carboxylic acids is 3. The van der Waals surface area contributed by atoms with Gasteiger partial charge in [0.1, 0.15) is 11.8 Å². The summed E-state index contributed by atoms with van der Waals surface area (Å²) in [6, 6.07) is 12.8. The Bertz CT molecular complexity index is 930. The molecule has 2 aromatic carbocycles. The zero-order valence-electron chi connectivity index (χ0n) is 18.6. The first-order valence-electron chi connectivity index (χ1n) is 10.3. The summed E-state index contributed by atoms with van der Waals surface area (Å²) in [5.74, 6) is 0.128. The Hall–Kier alpha value is -2.75. The molecule has 0 heterocycles. The molecule has 0 spiro atoms. The summed E-state index contributed by atoms with van der Waals surface area (Å²) in [5, 5.41) is 8.35. The number of benzene rings is 2. The molecule has 1 unspecified atom stereocenters. The molecule has 178 valence electrons. The van der Waals surface area contributed by atoms with E-state index in [1.165, 1.54) is 12.1 Å². The number of amides is 3. The molecule has 0 aliphatic heterocycles. The van der Waals surface area contributed by atoms with Crippen LogP contribution in [-0.2, 0) is 14.3 Å². The van der Waals surface area contributed by atoms with Crippen LogP contribution in [0.15, 0.2) is 48.5 Å². The van der Waals surface area contributed by atoms with Crippen LogP contribution in [0.25, 0.3) is 0 Å². The second kappa shape index (κ2) is 14.4. The van der Waals surface area contributed by atoms with Crippen molar-refractivity contribution in [3.8, 4) is 5.75 Å². The lowest BCUT2D eigenvalue weighted by Gasteiger charge is -2.19. The molecule has 0 aliphatic carbocycles. The van der Waals surface area contributed by atoms with E-state index in [0.717, 1.165) is 0 Å². The lowest BCUT2D eigenvalue weighted by Crippen LogP contribution is -2.45. The minimum atomic E-state index is -0.750. The van der Waals surface area contributed by atoms with Crippen LogP contribution in [0.1, 0.15) is 16.8 Å². The van der Waals surface area contributed by atoms with Crippen molar-refractivity contribution in [1.29, 1.82) is 0 Å². The minimum absolute atomic E-state index is 0.198. The van der Waals surface area contributed by atoms with Crippen LogP contribution in [0.5, 0.6) is 5.75 Å². The Morgan fingerprint density at radius 1 is 1.12 bits per heavy atom. The van der Waals surface area contributed by atoms with E-state index in [9.17, 15) is 14.4 Å². The predicted molar refractivity (Wildman–Crippen MR) is 131 cm³/mol. The Morgan fingerprint density at radius 2 is 1.88 bits per heavy atom. The van der Waals surface area contributed by atoms with Crippen LogP contribution in [0.2, 0.25) is 5.02 Å². The number of para-hydroxylation sites is 1. The fourth-order valence-corrected chi connectivity index (χ4v) is 3.51. The van der Waals surface area contributed by atoms with Gasteiger partial charge in [-0.25, -0.2) is 0 Å². The molecule has 3 amide bonds. The minimum Gasteiger partial charge on any atom is -0.484 e. The molecule has 2 rings (SSSR count). The van der Waals surface area contributed by atoms with Gasteiger partial charge < -0.3 is 25.4 Å². The van der Waals surface area contributed by atoms with Gasteiger partial charge in [0.15, 0.2) is 6.61 Å². The van der Waals surface area contributed by atoms with Gasteiger partial charge in [0.25, 0.3) is 11.8 Å². The van der Waals surface area contributed by atoms with Crippen LogP contribution < -0.4 is 20.7 Å². The third kappa shape index (κ3) is 9.33. The number of ether oxygens (including phenoxy) is 2. The molecule has 1 atom stereocenters. The molecule has 0 aliphatic rings. The quantitative estimate of drug-likeness (QED) is 0.370. The maximum absolute atomic E-state index is 12.8. The second-order valence-electron chi connectivity index (χ2n) is 6.94. The Morgan fingerprint density at radius 3 is 2.55 bits per heavy atom. The monoisotopic (exact) mass is 493 g/mol. The Labute approximate surface area is 202 Å². The van der Waals surface area contributed by atoms with Gasteiger partial charge in [0.05, 0.1) is 17.2 Å². The number of hydrogen-bond acceptors (Lipinski definition) is 6. The predicted octanol–water partition coefficient (Wildman–Crippen LogP) is 2.97. The Kier molecular flexibility index (Phi) is 11.6. The topological polar surface area (TPSA) is 106 Å². The van der Waals surface area contributed by atoms with Crippen molar-refractivity contribution in [3.63, 3.8) is 0 Å². The first-order chi connectivity index (χ1) is 15.9. The van der Waals surface area contributed by atoms with Crippen molar-refractivity contribution in [2.24, 2.45) is 0 Å². The summed E-state index contributed by atoms with van der Waals surface area (Å²) in [6.45, 7) is 0.539. The third-order valence-electron chi connectivity index (χ3n) is 4.45. The molecule has 0 radical (unpaired) electrons. The highest BCUT2D eigenvalue weighted by Gasteiger charge is 2.21. The molecule has 0 bridgehead atoms. The van der Waals surface area contributed by atoms with Crippen LogP contribution >= 0.6 is 23.4 Å². The zero-order valence-corrected chi connectivity index (χ0v) is 20.1. The van der Waals surface area contributed by atoms with Gasteiger partial charge in [-0.05, 0) is 48.8 Å². The number of rotatable bonds is 13. The number of nitrogens with one attached hydrogen (secondary N) is 3. The van der Waals surface area contributed by atoms with Gasteiger partial charge in [-0.15, -0.1) is 0 Å². The summed E-state index contributed by atoms with van der Waals surface area (Å²) >= 11 is 7.80. The van der Waals surface area contributed by atoms with Gasteiger partial charge in [-0.1, -0.05) is 29.8 Å². The standard InChI is InChI=1S/C23H28ClN3O5S/c1-31-12-11-25-22(29)18-9-8-16(14-19(18)24)26-23(30)20(10-13-33-2)27-21(28)15-32-17-6-4-3-5-7-17/h3-9,14,20H,10-13,15H2,1-2H3,(H,25,29)(H,26,30)(H,27,28). The van der Waals surface area contributed by atoms with E-state index in [1.54, 1.807) is 37.1 Å². The average Bonchev–Trinajstić information content (AvgIpc) is 2.81. The lowest BCUT2D eigenvalue weighted by molar-refractivity contribution is -0.127. The number of thioether (sulfide) groups is 1. The van der Waals surface area contributed by atoms with Crippen LogP contribution in [0.4, 0.5) is 5.69 Å². The van der Waals surface area contributed by atoms with Crippen molar-refractivity contribution in [1.82, 2.24) is 10.6 Å². The highest BCUT2D eigenvalue weighted by atomic mass is 35.5. The van der Waals surface area contributed by atoms with Gasteiger partial charge in [0, 0.05) is 19.3 Å². The maximum Gasteiger partial charge on any atom is 0.258 e. The average molecular weight is 494 g/mol. The Balaban J connectivity index is 1.96. The number of anilines is 1. The van der Waals surface area contributed by atoms with Crippen molar-refractivity contribution in [3.05, 3.63) is 59.1 Å². The molecule has 0 saturated heterocycles. The van der Waals surface area contributed by atoms with Crippen LogP contribution in [0, 0.1) is 0 Å². The van der Waals surface area contributed by atoms with Crippen molar-refractivity contribution < 1.29 is 23.9 Å². The smallest absolute Gasteiger partial charge is 0.258 e. The summed E-state index contributed by atoms with van der Waals surface area (Å²) in [6.07, 6.45) is 2.36. The fraction of sp³-hybridized carbons (Fsp3) is 0.348. The highest BCUT2D eigenvalue weighted by molar-refractivity contribution is 7.98. The van der Waals surface area contributed by atoms with E-state index < -0.39 is 11.9 Å². The largest absolute Gasteiger partial charge is 0.484 e. The van der Waals surface area contributed by atoms with E-state index in [2.05, 4.69) is 16.0 Å². The van der Waals surface area contributed by atoms with Crippen LogP contribution in [0.3, 0.4) is 0 Å². The van der Waals surface area contributed by atoms with Crippen molar-refractivity contribution in [2.45, 2.75) is 12.5 Å². The van der Waals surface area contributed by atoms with Crippen LogP contribution in [-0.4, -0.2) is 62.6 Å². The van der Waals surface area contributed by atoms with Crippen molar-refractivity contribution >= 4 is 46.8 Å². The van der Waals surface area contributed by atoms with Gasteiger partial charge in [0.2, 0.25) is 5.91 Å². The van der Waals surface area contributed by atoms with Gasteiger partial charge >= 0.3 is 0 Å². The molecule has 0 fully saturated rings. The SMILES string of the molecule is COCCNC(=O)c1ccc(NC(=O)C(CCSC)NC(=O)COc2ccccc2)cc1Cl. The normalized spacial score (nSPS) is 11.4.